The van der Waals surface area contributed by atoms with Gasteiger partial charge in [-0.25, -0.2) is 0 Å². The molecule has 0 aromatic heterocycles. The van der Waals surface area contributed by atoms with E-state index in [1.807, 2.05) is 26.0 Å². The largest absolute Gasteiger partial charge is 0.492 e. The molecule has 124 valence electrons. The molecule has 5 heteroatoms. The Kier molecular flexibility index (Phi) is 6.96. The summed E-state index contributed by atoms with van der Waals surface area (Å²) in [7, 11) is 0. The standard InChI is InChI=1S/C17H28N2O3/c1-3-21-14-15(20)13-18-9-11-19(12-10-18)16-7-5-6-8-17(16)22-4-2/h5-8,15,20H,3-4,9-14H2,1-2H3. The maximum atomic E-state index is 9.93. The molecular formula is C17H28N2O3. The fraction of sp³-hybridized carbons (Fsp3) is 0.647. The number of rotatable bonds is 8. The molecule has 0 bridgehead atoms. The molecule has 1 atom stereocenters. The molecule has 5 nitrogen and oxygen atoms in total. The van der Waals surface area contributed by atoms with Gasteiger partial charge < -0.3 is 19.5 Å². The van der Waals surface area contributed by atoms with Crippen molar-refractivity contribution < 1.29 is 14.6 Å². The highest BCUT2D eigenvalue weighted by molar-refractivity contribution is 5.58. The summed E-state index contributed by atoms with van der Waals surface area (Å²) in [6, 6.07) is 8.20. The van der Waals surface area contributed by atoms with Crippen LogP contribution < -0.4 is 9.64 Å². The quantitative estimate of drug-likeness (QED) is 0.790. The minimum Gasteiger partial charge on any atom is -0.492 e. The van der Waals surface area contributed by atoms with Gasteiger partial charge in [0.05, 0.1) is 25.0 Å². The molecule has 22 heavy (non-hydrogen) atoms. The van der Waals surface area contributed by atoms with Gasteiger partial charge in [0.15, 0.2) is 0 Å². The van der Waals surface area contributed by atoms with Crippen molar-refractivity contribution in [1.29, 1.82) is 0 Å². The van der Waals surface area contributed by atoms with Gasteiger partial charge in [-0.2, -0.15) is 0 Å². The first-order chi connectivity index (χ1) is 10.7. The van der Waals surface area contributed by atoms with Crippen molar-refractivity contribution in [2.45, 2.75) is 20.0 Å². The monoisotopic (exact) mass is 308 g/mol. The van der Waals surface area contributed by atoms with Crippen LogP contribution in [0.25, 0.3) is 0 Å². The molecular weight excluding hydrogens is 280 g/mol. The van der Waals surface area contributed by atoms with Gasteiger partial charge >= 0.3 is 0 Å². The first-order valence-corrected chi connectivity index (χ1v) is 8.19. The van der Waals surface area contributed by atoms with E-state index in [0.717, 1.165) is 31.9 Å². The molecule has 2 rings (SSSR count). The lowest BCUT2D eigenvalue weighted by atomic mass is 10.2. The second-order valence-corrected chi connectivity index (χ2v) is 5.50. The molecule has 1 fully saturated rings. The third-order valence-electron chi connectivity index (χ3n) is 3.86. The van der Waals surface area contributed by atoms with Crippen molar-refractivity contribution in [2.75, 3.05) is 57.4 Å². The number of hydrogen-bond acceptors (Lipinski definition) is 5. The van der Waals surface area contributed by atoms with E-state index in [2.05, 4.69) is 21.9 Å². The Morgan fingerprint density at radius 2 is 1.82 bits per heavy atom. The van der Waals surface area contributed by atoms with Gasteiger partial charge in [0.1, 0.15) is 5.75 Å². The fourth-order valence-corrected chi connectivity index (χ4v) is 2.77. The van der Waals surface area contributed by atoms with E-state index in [-0.39, 0.29) is 0 Å². The summed E-state index contributed by atoms with van der Waals surface area (Å²) < 4.78 is 11.0. The highest BCUT2D eigenvalue weighted by atomic mass is 16.5. The Hall–Kier alpha value is -1.30. The van der Waals surface area contributed by atoms with E-state index >= 15 is 0 Å². The number of aliphatic hydroxyl groups excluding tert-OH is 1. The fourth-order valence-electron chi connectivity index (χ4n) is 2.77. The van der Waals surface area contributed by atoms with Gasteiger partial charge in [0, 0.05) is 39.3 Å². The van der Waals surface area contributed by atoms with Crippen molar-refractivity contribution in [1.82, 2.24) is 4.90 Å². The number of nitrogens with zero attached hydrogens (tertiary/aromatic N) is 2. The lowest BCUT2D eigenvalue weighted by molar-refractivity contribution is 0.0202. The zero-order chi connectivity index (χ0) is 15.8. The Bertz CT molecular complexity index is 434. The number of β-amino-alcohol motifs (C(OH)–C–C–N with tert-alkyl or cyclic N) is 1. The lowest BCUT2D eigenvalue weighted by Gasteiger charge is -2.37. The summed E-state index contributed by atoms with van der Waals surface area (Å²) in [5, 5.41) is 9.93. The van der Waals surface area contributed by atoms with E-state index in [0.29, 0.717) is 26.4 Å². The van der Waals surface area contributed by atoms with Crippen molar-refractivity contribution in [3.8, 4) is 5.75 Å². The highest BCUT2D eigenvalue weighted by Gasteiger charge is 2.21. The van der Waals surface area contributed by atoms with Crippen molar-refractivity contribution >= 4 is 5.69 Å². The number of para-hydroxylation sites is 2. The van der Waals surface area contributed by atoms with E-state index in [9.17, 15) is 5.11 Å². The van der Waals surface area contributed by atoms with Crippen LogP contribution in [0.5, 0.6) is 5.75 Å². The Morgan fingerprint density at radius 3 is 2.50 bits per heavy atom. The summed E-state index contributed by atoms with van der Waals surface area (Å²) in [6.45, 7) is 10.2. The number of ether oxygens (including phenoxy) is 2. The highest BCUT2D eigenvalue weighted by Crippen LogP contribution is 2.28. The zero-order valence-corrected chi connectivity index (χ0v) is 13.7. The second-order valence-electron chi connectivity index (χ2n) is 5.50. The molecule has 0 aliphatic carbocycles. The van der Waals surface area contributed by atoms with Crippen LogP contribution in [-0.4, -0.2) is 68.7 Å². The van der Waals surface area contributed by atoms with Crippen LogP contribution >= 0.6 is 0 Å². The van der Waals surface area contributed by atoms with Gasteiger partial charge in [0.25, 0.3) is 0 Å². The van der Waals surface area contributed by atoms with Crippen LogP contribution in [0.3, 0.4) is 0 Å². The minimum absolute atomic E-state index is 0.401. The maximum Gasteiger partial charge on any atom is 0.142 e. The normalized spacial score (nSPS) is 17.5. The molecule has 0 radical (unpaired) electrons. The number of piperazine rings is 1. The maximum absolute atomic E-state index is 9.93. The Morgan fingerprint density at radius 1 is 1.09 bits per heavy atom. The summed E-state index contributed by atoms with van der Waals surface area (Å²) in [5.41, 5.74) is 1.17. The van der Waals surface area contributed by atoms with Crippen LogP contribution in [-0.2, 0) is 4.74 Å². The average Bonchev–Trinajstić information content (AvgIpc) is 2.55. The van der Waals surface area contributed by atoms with E-state index in [1.165, 1.54) is 5.69 Å². The third-order valence-corrected chi connectivity index (χ3v) is 3.86. The van der Waals surface area contributed by atoms with E-state index < -0.39 is 6.10 Å². The molecule has 1 aliphatic rings. The molecule has 0 amide bonds. The van der Waals surface area contributed by atoms with E-state index in [4.69, 9.17) is 9.47 Å². The molecule has 0 spiro atoms. The first-order valence-electron chi connectivity index (χ1n) is 8.19. The SMILES string of the molecule is CCOCC(O)CN1CCN(c2ccccc2OCC)CC1. The topological polar surface area (TPSA) is 45.2 Å². The summed E-state index contributed by atoms with van der Waals surface area (Å²) in [6.07, 6.45) is -0.401. The number of aliphatic hydroxyl groups is 1. The molecule has 1 unspecified atom stereocenters. The summed E-state index contributed by atoms with van der Waals surface area (Å²) in [5.74, 6) is 0.954. The molecule has 1 aliphatic heterocycles. The third kappa shape index (κ3) is 4.87. The van der Waals surface area contributed by atoms with Crippen molar-refractivity contribution in [2.24, 2.45) is 0 Å². The molecule has 1 aromatic rings. The van der Waals surface area contributed by atoms with Gasteiger partial charge in [-0.15, -0.1) is 0 Å². The molecule has 1 aromatic carbocycles. The van der Waals surface area contributed by atoms with Crippen LogP contribution in [0, 0.1) is 0 Å². The number of benzene rings is 1. The minimum atomic E-state index is -0.401. The van der Waals surface area contributed by atoms with E-state index in [1.54, 1.807) is 0 Å². The van der Waals surface area contributed by atoms with Crippen LogP contribution in [0.4, 0.5) is 5.69 Å². The Balaban J connectivity index is 1.84. The van der Waals surface area contributed by atoms with Gasteiger partial charge in [-0.3, -0.25) is 4.90 Å². The van der Waals surface area contributed by atoms with Crippen LogP contribution in [0.1, 0.15) is 13.8 Å². The number of anilines is 1. The molecule has 1 saturated heterocycles. The van der Waals surface area contributed by atoms with Gasteiger partial charge in [-0.1, -0.05) is 12.1 Å². The molecule has 1 N–H and O–H groups in total. The predicted octanol–water partition coefficient (Wildman–Crippen LogP) is 1.60. The smallest absolute Gasteiger partial charge is 0.142 e. The molecule has 1 heterocycles. The average molecular weight is 308 g/mol. The zero-order valence-electron chi connectivity index (χ0n) is 13.7. The van der Waals surface area contributed by atoms with Crippen LogP contribution in [0.2, 0.25) is 0 Å². The first kappa shape index (κ1) is 17.1. The van der Waals surface area contributed by atoms with Gasteiger partial charge in [-0.05, 0) is 26.0 Å². The number of hydrogen-bond donors (Lipinski definition) is 1. The Labute approximate surface area is 133 Å². The summed E-state index contributed by atoms with van der Waals surface area (Å²) in [4.78, 5) is 4.65. The summed E-state index contributed by atoms with van der Waals surface area (Å²) >= 11 is 0. The van der Waals surface area contributed by atoms with Crippen molar-refractivity contribution in [3.05, 3.63) is 24.3 Å². The molecule has 0 saturated carbocycles. The van der Waals surface area contributed by atoms with Crippen molar-refractivity contribution in [3.63, 3.8) is 0 Å². The second kappa shape index (κ2) is 8.98. The lowest BCUT2D eigenvalue weighted by Crippen LogP contribution is -2.49. The van der Waals surface area contributed by atoms with Gasteiger partial charge in [0.2, 0.25) is 0 Å². The van der Waals surface area contributed by atoms with Crippen LogP contribution in [0.15, 0.2) is 24.3 Å². The predicted molar refractivity (Wildman–Crippen MR) is 88.8 cm³/mol.